The van der Waals surface area contributed by atoms with Crippen LogP contribution in [0, 0.1) is 17.2 Å². The molecule has 0 saturated heterocycles. The first-order valence-corrected chi connectivity index (χ1v) is 9.52. The van der Waals surface area contributed by atoms with Gasteiger partial charge in [-0.25, -0.2) is 4.99 Å². The van der Waals surface area contributed by atoms with Gasteiger partial charge >= 0.3 is 0 Å². The Morgan fingerprint density at radius 1 is 1.24 bits per heavy atom. The highest BCUT2D eigenvalue weighted by Crippen LogP contribution is 2.46. The lowest BCUT2D eigenvalue weighted by Gasteiger charge is -2.57. The second-order valence-corrected chi connectivity index (χ2v) is 7.65. The molecule has 0 aromatic heterocycles. The summed E-state index contributed by atoms with van der Waals surface area (Å²) in [6.07, 6.45) is 6.66. The van der Waals surface area contributed by atoms with E-state index in [1.165, 1.54) is 31.0 Å². The molecule has 1 rings (SSSR count). The zero-order valence-electron chi connectivity index (χ0n) is 14.9. The molecular weight excluding hydrogens is 278 g/mol. The van der Waals surface area contributed by atoms with Crippen molar-refractivity contribution in [3.63, 3.8) is 0 Å². The molecule has 0 radical (unpaired) electrons. The van der Waals surface area contributed by atoms with Crippen molar-refractivity contribution in [3.8, 4) is 0 Å². The van der Waals surface area contributed by atoms with Crippen LogP contribution in [0.5, 0.6) is 0 Å². The third-order valence-corrected chi connectivity index (χ3v) is 5.64. The van der Waals surface area contributed by atoms with E-state index in [0.29, 0.717) is 23.0 Å². The Labute approximate surface area is 135 Å². The van der Waals surface area contributed by atoms with E-state index in [0.717, 1.165) is 12.3 Å². The van der Waals surface area contributed by atoms with Gasteiger partial charge in [-0.1, -0.05) is 46.4 Å². The summed E-state index contributed by atoms with van der Waals surface area (Å²) in [7, 11) is 0. The van der Waals surface area contributed by atoms with Crippen molar-refractivity contribution in [2.45, 2.75) is 78.8 Å². The van der Waals surface area contributed by atoms with Crippen LogP contribution in [0.4, 0.5) is 0 Å². The lowest BCUT2D eigenvalue weighted by Crippen LogP contribution is -2.63. The van der Waals surface area contributed by atoms with E-state index in [2.05, 4.69) is 51.4 Å². The lowest BCUT2D eigenvalue weighted by atomic mass is 9.67. The Bertz CT molecular complexity index is 383. The van der Waals surface area contributed by atoms with Crippen molar-refractivity contribution in [3.05, 3.63) is 0 Å². The standard InChI is InChI=1S/C17H33N3S/c1-8-15(19-16(18)21-7)20(14(6)12(2)3)17(13(4)5)10-9-11-17/h12-14,18H,8-11H2,1-7H3. The Kier molecular flexibility index (Phi) is 6.76. The third-order valence-electron chi connectivity index (χ3n) is 5.16. The van der Waals surface area contributed by atoms with E-state index in [9.17, 15) is 0 Å². The molecule has 0 bridgehead atoms. The molecular formula is C17H33N3S. The predicted molar refractivity (Wildman–Crippen MR) is 96.5 cm³/mol. The monoisotopic (exact) mass is 311 g/mol. The summed E-state index contributed by atoms with van der Waals surface area (Å²) in [6, 6.07) is 0.459. The number of nitrogens with zero attached hydrogens (tertiary/aromatic N) is 2. The van der Waals surface area contributed by atoms with E-state index >= 15 is 0 Å². The molecule has 0 aromatic rings. The number of nitrogens with one attached hydrogen (secondary N) is 1. The van der Waals surface area contributed by atoms with E-state index in [-0.39, 0.29) is 5.54 Å². The minimum Gasteiger partial charge on any atom is -0.351 e. The average molecular weight is 312 g/mol. The lowest BCUT2D eigenvalue weighted by molar-refractivity contribution is -0.00620. The van der Waals surface area contributed by atoms with Gasteiger partial charge < -0.3 is 4.90 Å². The maximum absolute atomic E-state index is 7.95. The van der Waals surface area contributed by atoms with Crippen LogP contribution in [-0.4, -0.2) is 33.7 Å². The zero-order chi connectivity index (χ0) is 16.2. The molecule has 1 N–H and O–H groups in total. The van der Waals surface area contributed by atoms with E-state index < -0.39 is 0 Å². The Hall–Kier alpha value is -0.510. The van der Waals surface area contributed by atoms with Gasteiger partial charge in [-0.15, -0.1) is 0 Å². The predicted octanol–water partition coefficient (Wildman–Crippen LogP) is 5.02. The van der Waals surface area contributed by atoms with E-state index in [1.54, 1.807) is 0 Å². The van der Waals surface area contributed by atoms with Crippen LogP contribution in [0.15, 0.2) is 4.99 Å². The fraction of sp³-hybridized carbons (Fsp3) is 0.882. The Morgan fingerprint density at radius 3 is 2.10 bits per heavy atom. The van der Waals surface area contributed by atoms with Gasteiger partial charge in [0.25, 0.3) is 0 Å². The smallest absolute Gasteiger partial charge is 0.181 e. The summed E-state index contributed by atoms with van der Waals surface area (Å²) in [5, 5.41) is 8.37. The molecule has 0 spiro atoms. The molecule has 0 amide bonds. The first-order chi connectivity index (χ1) is 9.80. The molecule has 1 aliphatic rings. The molecule has 1 saturated carbocycles. The van der Waals surface area contributed by atoms with Crippen LogP contribution in [0.3, 0.4) is 0 Å². The van der Waals surface area contributed by atoms with Crippen LogP contribution in [0.1, 0.15) is 67.2 Å². The maximum atomic E-state index is 7.95. The van der Waals surface area contributed by atoms with Crippen molar-refractivity contribution in [2.75, 3.05) is 6.26 Å². The van der Waals surface area contributed by atoms with Gasteiger partial charge in [0.05, 0.1) is 0 Å². The Balaban J connectivity index is 3.24. The number of aliphatic imine (C=N–C) groups is 1. The molecule has 1 fully saturated rings. The quantitative estimate of drug-likeness (QED) is 0.572. The first kappa shape index (κ1) is 18.5. The second kappa shape index (κ2) is 7.66. The highest BCUT2D eigenvalue weighted by atomic mass is 32.2. The molecule has 0 aromatic carbocycles. The first-order valence-electron chi connectivity index (χ1n) is 8.29. The molecule has 0 aliphatic heterocycles. The summed E-state index contributed by atoms with van der Waals surface area (Å²) in [6.45, 7) is 13.7. The summed E-state index contributed by atoms with van der Waals surface area (Å²) >= 11 is 1.42. The topological polar surface area (TPSA) is 39.5 Å². The van der Waals surface area contributed by atoms with Gasteiger partial charge in [-0.2, -0.15) is 0 Å². The number of rotatable bonds is 5. The largest absolute Gasteiger partial charge is 0.351 e. The SMILES string of the molecule is CCC(=NC(=N)SC)N(C(C)C(C)C)C1(C(C)C)CCC1. The van der Waals surface area contributed by atoms with Gasteiger partial charge in [0, 0.05) is 18.0 Å². The summed E-state index contributed by atoms with van der Waals surface area (Å²) in [4.78, 5) is 7.22. The normalized spacial score (nSPS) is 19.6. The van der Waals surface area contributed by atoms with Crippen LogP contribution < -0.4 is 0 Å². The zero-order valence-corrected chi connectivity index (χ0v) is 15.7. The maximum Gasteiger partial charge on any atom is 0.181 e. The van der Waals surface area contributed by atoms with Gasteiger partial charge in [0.15, 0.2) is 5.17 Å². The second-order valence-electron chi connectivity index (χ2n) is 6.86. The molecule has 21 heavy (non-hydrogen) atoms. The molecule has 1 aliphatic carbocycles. The van der Waals surface area contributed by atoms with Crippen LogP contribution >= 0.6 is 11.8 Å². The van der Waals surface area contributed by atoms with Crippen molar-refractivity contribution >= 4 is 22.8 Å². The van der Waals surface area contributed by atoms with Gasteiger partial charge in [-0.05, 0) is 44.3 Å². The number of amidine groups is 2. The minimum atomic E-state index is 0.247. The molecule has 1 atom stereocenters. The highest BCUT2D eigenvalue weighted by molar-refractivity contribution is 8.13. The van der Waals surface area contributed by atoms with Crippen molar-refractivity contribution < 1.29 is 0 Å². The van der Waals surface area contributed by atoms with Gasteiger partial charge in [0.1, 0.15) is 5.84 Å². The average Bonchev–Trinajstić information content (AvgIpc) is 2.38. The number of thioether (sulfide) groups is 1. The molecule has 1 unspecified atom stereocenters. The van der Waals surface area contributed by atoms with E-state index in [4.69, 9.17) is 5.41 Å². The van der Waals surface area contributed by atoms with Crippen LogP contribution in [-0.2, 0) is 0 Å². The summed E-state index contributed by atoms with van der Waals surface area (Å²) in [5.74, 6) is 2.30. The van der Waals surface area contributed by atoms with Crippen molar-refractivity contribution in [2.24, 2.45) is 16.8 Å². The number of hydrogen-bond acceptors (Lipinski definition) is 2. The van der Waals surface area contributed by atoms with Crippen LogP contribution in [0.2, 0.25) is 0 Å². The van der Waals surface area contributed by atoms with Gasteiger partial charge in [-0.3, -0.25) is 5.41 Å². The fourth-order valence-electron chi connectivity index (χ4n) is 3.30. The Morgan fingerprint density at radius 2 is 1.81 bits per heavy atom. The third kappa shape index (κ3) is 3.82. The molecule has 122 valence electrons. The van der Waals surface area contributed by atoms with Crippen molar-refractivity contribution in [1.82, 2.24) is 4.90 Å². The summed E-state index contributed by atoms with van der Waals surface area (Å²) < 4.78 is 0. The number of hydrogen-bond donors (Lipinski definition) is 1. The van der Waals surface area contributed by atoms with E-state index in [1.807, 2.05) is 6.26 Å². The fourth-order valence-corrected chi connectivity index (χ4v) is 3.49. The highest BCUT2D eigenvalue weighted by Gasteiger charge is 2.48. The van der Waals surface area contributed by atoms with Crippen LogP contribution in [0.25, 0.3) is 0 Å². The van der Waals surface area contributed by atoms with Crippen molar-refractivity contribution in [1.29, 1.82) is 5.41 Å². The van der Waals surface area contributed by atoms with Gasteiger partial charge in [0.2, 0.25) is 0 Å². The summed E-state index contributed by atoms with van der Waals surface area (Å²) in [5.41, 5.74) is 0.247. The molecule has 3 nitrogen and oxygen atoms in total. The molecule has 0 heterocycles. The molecule has 4 heteroatoms. The minimum absolute atomic E-state index is 0.247.